The summed E-state index contributed by atoms with van der Waals surface area (Å²) in [6, 6.07) is 1.99. The van der Waals surface area contributed by atoms with E-state index >= 15 is 0 Å². The van der Waals surface area contributed by atoms with Gasteiger partial charge in [-0.25, -0.2) is 9.97 Å². The molecule has 2 aromatic heterocycles. The molecule has 0 spiro atoms. The topological polar surface area (TPSA) is 50.7 Å². The van der Waals surface area contributed by atoms with Crippen LogP contribution in [0.2, 0.25) is 0 Å². The average Bonchev–Trinajstić information content (AvgIpc) is 2.49. The molecule has 0 saturated heterocycles. The van der Waals surface area contributed by atoms with Crippen molar-refractivity contribution in [3.8, 4) is 11.4 Å². The zero-order valence-corrected chi connectivity index (χ0v) is 14.4. The van der Waals surface area contributed by atoms with Gasteiger partial charge in [0.1, 0.15) is 5.82 Å². The van der Waals surface area contributed by atoms with Crippen LogP contribution in [0, 0.1) is 6.92 Å². The molecule has 0 bridgehead atoms. The minimum atomic E-state index is 0.742. The third-order valence-electron chi connectivity index (χ3n) is 3.23. The van der Waals surface area contributed by atoms with E-state index in [4.69, 9.17) is 4.98 Å². The van der Waals surface area contributed by atoms with Crippen LogP contribution in [0.15, 0.2) is 22.9 Å². The van der Waals surface area contributed by atoms with Crippen molar-refractivity contribution >= 4 is 21.7 Å². The van der Waals surface area contributed by atoms with Gasteiger partial charge in [0.15, 0.2) is 5.82 Å². The molecule has 21 heavy (non-hydrogen) atoms. The van der Waals surface area contributed by atoms with Crippen molar-refractivity contribution in [2.24, 2.45) is 0 Å². The zero-order chi connectivity index (χ0) is 15.2. The number of hydrogen-bond acceptors (Lipinski definition) is 4. The molecular weight excluding hydrogens is 328 g/mol. The number of hydrogen-bond donors (Lipinski definition) is 1. The second-order valence-corrected chi connectivity index (χ2v) is 5.82. The first kappa shape index (κ1) is 15.9. The third-order valence-corrected chi connectivity index (χ3v) is 4.06. The van der Waals surface area contributed by atoms with E-state index in [0.29, 0.717) is 0 Å². The Kier molecular flexibility index (Phi) is 5.67. The minimum Gasteiger partial charge on any atom is -0.369 e. The first-order chi connectivity index (χ1) is 10.2. The van der Waals surface area contributed by atoms with Gasteiger partial charge in [-0.2, -0.15) is 0 Å². The molecule has 1 N–H and O–H groups in total. The van der Waals surface area contributed by atoms with E-state index in [-0.39, 0.29) is 0 Å². The summed E-state index contributed by atoms with van der Waals surface area (Å²) in [5.74, 6) is 1.61. The summed E-state index contributed by atoms with van der Waals surface area (Å²) in [5, 5.41) is 3.37. The van der Waals surface area contributed by atoms with Gasteiger partial charge in [0.05, 0.1) is 10.2 Å². The number of aromatic nitrogens is 3. The molecule has 0 aliphatic carbocycles. The van der Waals surface area contributed by atoms with Gasteiger partial charge in [0.2, 0.25) is 0 Å². The highest BCUT2D eigenvalue weighted by Crippen LogP contribution is 2.29. The molecule has 2 aromatic rings. The maximum Gasteiger partial charge on any atom is 0.163 e. The van der Waals surface area contributed by atoms with Gasteiger partial charge < -0.3 is 5.32 Å². The van der Waals surface area contributed by atoms with Crippen LogP contribution in [0.1, 0.15) is 37.9 Å². The quantitative estimate of drug-likeness (QED) is 0.841. The van der Waals surface area contributed by atoms with E-state index in [1.165, 1.54) is 0 Å². The molecule has 4 nitrogen and oxygen atoms in total. The van der Waals surface area contributed by atoms with Gasteiger partial charge in [-0.15, -0.1) is 0 Å². The van der Waals surface area contributed by atoms with E-state index in [9.17, 15) is 0 Å². The molecule has 0 saturated carbocycles. The lowest BCUT2D eigenvalue weighted by Gasteiger charge is -2.13. The standard InChI is InChI=1S/C16H21BrN4/c1-4-6-13-14(17)16(19-8-5-2)21-15(20-13)12-10-18-9-7-11(12)3/h7,9-10H,4-6,8H2,1-3H3,(H,19,20,21). The maximum absolute atomic E-state index is 4.72. The normalized spacial score (nSPS) is 10.7. The van der Waals surface area contributed by atoms with E-state index in [0.717, 1.165) is 58.7 Å². The van der Waals surface area contributed by atoms with Crippen molar-refractivity contribution in [3.63, 3.8) is 0 Å². The lowest BCUT2D eigenvalue weighted by Crippen LogP contribution is -2.08. The monoisotopic (exact) mass is 348 g/mol. The first-order valence-corrected chi connectivity index (χ1v) is 8.17. The number of aryl methyl sites for hydroxylation is 2. The molecule has 0 atom stereocenters. The molecule has 0 aliphatic rings. The fourth-order valence-electron chi connectivity index (χ4n) is 2.08. The molecule has 5 heteroatoms. The summed E-state index contributed by atoms with van der Waals surface area (Å²) < 4.78 is 0.975. The van der Waals surface area contributed by atoms with Crippen molar-refractivity contribution in [2.45, 2.75) is 40.0 Å². The van der Waals surface area contributed by atoms with E-state index in [1.807, 2.05) is 12.3 Å². The van der Waals surface area contributed by atoms with Crippen molar-refractivity contribution in [2.75, 3.05) is 11.9 Å². The van der Waals surface area contributed by atoms with Crippen LogP contribution < -0.4 is 5.32 Å². The first-order valence-electron chi connectivity index (χ1n) is 7.38. The molecule has 2 heterocycles. The minimum absolute atomic E-state index is 0.742. The molecule has 0 aliphatic heterocycles. The Labute approximate surface area is 134 Å². The highest BCUT2D eigenvalue weighted by Gasteiger charge is 2.14. The van der Waals surface area contributed by atoms with Gasteiger partial charge in [-0.3, -0.25) is 4.98 Å². The summed E-state index contributed by atoms with van der Waals surface area (Å²) in [4.78, 5) is 13.6. The van der Waals surface area contributed by atoms with Crippen LogP contribution in [-0.2, 0) is 6.42 Å². The SMILES string of the molecule is CCCNc1nc(-c2cnccc2C)nc(CCC)c1Br. The van der Waals surface area contributed by atoms with Gasteiger partial charge in [0.25, 0.3) is 0 Å². The predicted molar refractivity (Wildman–Crippen MR) is 90.5 cm³/mol. The van der Waals surface area contributed by atoms with E-state index < -0.39 is 0 Å². The molecular formula is C16H21BrN4. The van der Waals surface area contributed by atoms with Crippen LogP contribution in [-0.4, -0.2) is 21.5 Å². The van der Waals surface area contributed by atoms with Crippen molar-refractivity contribution in [1.29, 1.82) is 0 Å². The Morgan fingerprint density at radius 2 is 2.00 bits per heavy atom. The fourth-order valence-corrected chi connectivity index (χ4v) is 2.59. The highest BCUT2D eigenvalue weighted by atomic mass is 79.9. The lowest BCUT2D eigenvalue weighted by atomic mass is 10.1. The fraction of sp³-hybridized carbons (Fsp3) is 0.438. The summed E-state index contributed by atoms with van der Waals surface area (Å²) in [6.45, 7) is 7.25. The van der Waals surface area contributed by atoms with Crippen LogP contribution in [0.5, 0.6) is 0 Å². The van der Waals surface area contributed by atoms with Gasteiger partial charge in [-0.05, 0) is 47.3 Å². The Morgan fingerprint density at radius 3 is 2.67 bits per heavy atom. The summed E-state index contributed by atoms with van der Waals surface area (Å²) in [6.07, 6.45) is 6.66. The lowest BCUT2D eigenvalue weighted by molar-refractivity contribution is 0.864. The van der Waals surface area contributed by atoms with Crippen molar-refractivity contribution in [1.82, 2.24) is 15.0 Å². The average molecular weight is 349 g/mol. The van der Waals surface area contributed by atoms with Crippen LogP contribution in [0.3, 0.4) is 0 Å². The van der Waals surface area contributed by atoms with Gasteiger partial charge in [0, 0.05) is 24.5 Å². The van der Waals surface area contributed by atoms with Crippen LogP contribution >= 0.6 is 15.9 Å². The number of anilines is 1. The highest BCUT2D eigenvalue weighted by molar-refractivity contribution is 9.10. The Hall–Kier alpha value is -1.49. The maximum atomic E-state index is 4.72. The smallest absolute Gasteiger partial charge is 0.163 e. The second kappa shape index (κ2) is 7.50. The Morgan fingerprint density at radius 1 is 1.19 bits per heavy atom. The largest absolute Gasteiger partial charge is 0.369 e. The molecule has 0 unspecified atom stereocenters. The summed E-state index contributed by atoms with van der Waals surface area (Å²) >= 11 is 3.63. The summed E-state index contributed by atoms with van der Waals surface area (Å²) in [5.41, 5.74) is 3.17. The molecule has 0 fully saturated rings. The van der Waals surface area contributed by atoms with Crippen molar-refractivity contribution in [3.05, 3.63) is 34.2 Å². The molecule has 0 amide bonds. The Balaban J connectivity index is 2.50. The number of halogens is 1. The molecule has 2 rings (SSSR count). The van der Waals surface area contributed by atoms with Crippen molar-refractivity contribution < 1.29 is 0 Å². The Bertz CT molecular complexity index is 613. The molecule has 0 radical (unpaired) electrons. The number of pyridine rings is 1. The predicted octanol–water partition coefficient (Wildman–Crippen LogP) is 4.38. The summed E-state index contributed by atoms with van der Waals surface area (Å²) in [7, 11) is 0. The third kappa shape index (κ3) is 3.79. The molecule has 0 aromatic carbocycles. The van der Waals surface area contributed by atoms with E-state index in [2.05, 4.69) is 52.0 Å². The number of nitrogens with zero attached hydrogens (tertiary/aromatic N) is 3. The molecule has 112 valence electrons. The van der Waals surface area contributed by atoms with Gasteiger partial charge in [-0.1, -0.05) is 20.3 Å². The zero-order valence-electron chi connectivity index (χ0n) is 12.8. The van der Waals surface area contributed by atoms with Crippen LogP contribution in [0.4, 0.5) is 5.82 Å². The van der Waals surface area contributed by atoms with E-state index in [1.54, 1.807) is 6.20 Å². The van der Waals surface area contributed by atoms with Crippen LogP contribution in [0.25, 0.3) is 11.4 Å². The number of nitrogens with one attached hydrogen (secondary N) is 1. The van der Waals surface area contributed by atoms with Gasteiger partial charge >= 0.3 is 0 Å². The second-order valence-electron chi connectivity index (χ2n) is 5.02. The number of rotatable bonds is 6.